The van der Waals surface area contributed by atoms with Crippen LogP contribution >= 0.6 is 0 Å². The van der Waals surface area contributed by atoms with E-state index < -0.39 is 11.1 Å². The van der Waals surface area contributed by atoms with Crippen LogP contribution < -0.4 is 0 Å². The molecule has 0 N–H and O–H groups in total. The number of nitrogens with zero attached hydrogens (tertiary/aromatic N) is 4. The van der Waals surface area contributed by atoms with Crippen molar-refractivity contribution in [2.75, 3.05) is 20.1 Å². The molecule has 1 saturated heterocycles. The van der Waals surface area contributed by atoms with E-state index in [4.69, 9.17) is 0 Å². The fourth-order valence-electron chi connectivity index (χ4n) is 2.25. The zero-order chi connectivity index (χ0) is 12.6. The summed E-state index contributed by atoms with van der Waals surface area (Å²) in [6, 6.07) is -0.389. The van der Waals surface area contributed by atoms with Gasteiger partial charge in [-0.2, -0.15) is 5.10 Å². The summed E-state index contributed by atoms with van der Waals surface area (Å²) in [5.74, 6) is 0. The Bertz CT molecular complexity index is 434. The Morgan fingerprint density at radius 1 is 1.65 bits per heavy atom. The molecule has 6 nitrogen and oxygen atoms in total. The highest BCUT2D eigenvalue weighted by Gasteiger charge is 2.32. The predicted molar refractivity (Wildman–Crippen MR) is 59.7 cm³/mol. The van der Waals surface area contributed by atoms with Gasteiger partial charge < -0.3 is 4.90 Å². The van der Waals surface area contributed by atoms with Gasteiger partial charge in [0.05, 0.1) is 11.0 Å². The average Bonchev–Trinajstić information content (AvgIpc) is 2.60. The largest absolute Gasteiger partial charge is 0.309 e. The Hall–Kier alpha value is -1.50. The second-order valence-corrected chi connectivity index (χ2v) is 4.45. The number of rotatable bonds is 2. The first-order valence-electron chi connectivity index (χ1n) is 5.52. The van der Waals surface area contributed by atoms with Gasteiger partial charge in [-0.3, -0.25) is 14.8 Å². The van der Waals surface area contributed by atoms with Gasteiger partial charge in [-0.1, -0.05) is 0 Å². The van der Waals surface area contributed by atoms with Gasteiger partial charge in [0.1, 0.15) is 18.1 Å². The number of aromatic nitrogens is 2. The second-order valence-electron chi connectivity index (χ2n) is 4.45. The van der Waals surface area contributed by atoms with E-state index in [2.05, 4.69) is 5.10 Å². The second kappa shape index (κ2) is 4.40. The smallest absolute Gasteiger partial charge is 0.303 e. The number of halogens is 1. The van der Waals surface area contributed by atoms with Crippen molar-refractivity contribution in [2.45, 2.75) is 25.6 Å². The molecule has 1 aliphatic rings. The van der Waals surface area contributed by atoms with E-state index in [-0.39, 0.29) is 11.7 Å². The fourth-order valence-corrected chi connectivity index (χ4v) is 2.25. The minimum absolute atomic E-state index is 0.0453. The van der Waals surface area contributed by atoms with E-state index in [0.29, 0.717) is 18.7 Å². The molecule has 0 spiro atoms. The monoisotopic (exact) mass is 242 g/mol. The van der Waals surface area contributed by atoms with Crippen LogP contribution in [0.5, 0.6) is 0 Å². The van der Waals surface area contributed by atoms with Gasteiger partial charge in [0.15, 0.2) is 0 Å². The van der Waals surface area contributed by atoms with Crippen molar-refractivity contribution >= 4 is 5.69 Å². The number of piperidine rings is 1. The summed E-state index contributed by atoms with van der Waals surface area (Å²) in [6.07, 6.45) is 0.782. The topological polar surface area (TPSA) is 64.2 Å². The molecule has 7 heteroatoms. The lowest BCUT2D eigenvalue weighted by Crippen LogP contribution is -2.41. The molecule has 0 unspecified atom stereocenters. The minimum atomic E-state index is -1.04. The molecule has 1 aliphatic heterocycles. The predicted octanol–water partition coefficient (Wildman–Crippen LogP) is 1.31. The lowest BCUT2D eigenvalue weighted by atomic mass is 10.0. The molecule has 0 amide bonds. The maximum absolute atomic E-state index is 13.9. The Balaban J connectivity index is 2.25. The maximum Gasteiger partial charge on any atom is 0.309 e. The summed E-state index contributed by atoms with van der Waals surface area (Å²) in [5, 5.41) is 14.7. The first-order valence-corrected chi connectivity index (χ1v) is 5.52. The standard InChI is InChI=1S/C10H15FN4O2/c1-7-10(15(16)17)5-12-14(7)9-3-4-13(2)6-8(9)11/h5,8-9H,3-4,6H2,1-2H3/t8-,9-/m0/s1. The molecule has 17 heavy (non-hydrogen) atoms. The molecule has 2 atom stereocenters. The number of nitro groups is 1. The molecule has 2 rings (SSSR count). The van der Waals surface area contributed by atoms with Crippen molar-refractivity contribution in [3.63, 3.8) is 0 Å². The first-order chi connectivity index (χ1) is 8.00. The Kier molecular flexibility index (Phi) is 3.10. The summed E-state index contributed by atoms with van der Waals surface area (Å²) in [7, 11) is 1.86. The van der Waals surface area contributed by atoms with Gasteiger partial charge in [-0.15, -0.1) is 0 Å². The number of likely N-dealkylation sites (tertiary alicyclic amines) is 1. The third-order valence-corrected chi connectivity index (χ3v) is 3.24. The SMILES string of the molecule is Cc1c([N+](=O)[O-])cnn1[C@H]1CCN(C)C[C@@H]1F. The third kappa shape index (κ3) is 2.14. The van der Waals surface area contributed by atoms with Crippen LogP contribution in [0.15, 0.2) is 6.20 Å². The van der Waals surface area contributed by atoms with Crippen molar-refractivity contribution in [3.05, 3.63) is 22.0 Å². The van der Waals surface area contributed by atoms with Crippen molar-refractivity contribution < 1.29 is 9.31 Å². The van der Waals surface area contributed by atoms with E-state index in [1.807, 2.05) is 11.9 Å². The van der Waals surface area contributed by atoms with Crippen molar-refractivity contribution in [3.8, 4) is 0 Å². The quantitative estimate of drug-likeness (QED) is 0.579. The van der Waals surface area contributed by atoms with Crippen LogP contribution in [0.1, 0.15) is 18.2 Å². The minimum Gasteiger partial charge on any atom is -0.303 e. The zero-order valence-electron chi connectivity index (χ0n) is 9.84. The molecule has 0 bridgehead atoms. The number of alkyl halides is 1. The highest BCUT2D eigenvalue weighted by molar-refractivity contribution is 5.32. The summed E-state index contributed by atoms with van der Waals surface area (Å²) < 4.78 is 15.4. The van der Waals surface area contributed by atoms with E-state index in [0.717, 1.165) is 6.54 Å². The summed E-state index contributed by atoms with van der Waals surface area (Å²) >= 11 is 0. The van der Waals surface area contributed by atoms with E-state index >= 15 is 0 Å². The molecule has 0 aliphatic carbocycles. The highest BCUT2D eigenvalue weighted by atomic mass is 19.1. The fraction of sp³-hybridized carbons (Fsp3) is 0.700. The van der Waals surface area contributed by atoms with Gasteiger partial charge >= 0.3 is 5.69 Å². The number of hydrogen-bond donors (Lipinski definition) is 0. The maximum atomic E-state index is 13.9. The molecule has 94 valence electrons. The van der Waals surface area contributed by atoms with Crippen LogP contribution in [0.2, 0.25) is 0 Å². The molecular weight excluding hydrogens is 227 g/mol. The van der Waals surface area contributed by atoms with E-state index in [9.17, 15) is 14.5 Å². The number of hydrogen-bond acceptors (Lipinski definition) is 4. The molecule has 0 radical (unpaired) electrons. The molecule has 1 aromatic rings. The Morgan fingerprint density at radius 2 is 2.35 bits per heavy atom. The molecule has 1 fully saturated rings. The molecule has 2 heterocycles. The van der Waals surface area contributed by atoms with Gasteiger partial charge in [-0.05, 0) is 20.4 Å². The van der Waals surface area contributed by atoms with E-state index in [1.54, 1.807) is 6.92 Å². The third-order valence-electron chi connectivity index (χ3n) is 3.24. The zero-order valence-corrected chi connectivity index (χ0v) is 9.84. The normalized spacial score (nSPS) is 26.1. The summed E-state index contributed by atoms with van der Waals surface area (Å²) in [5.41, 5.74) is 0.378. The Morgan fingerprint density at radius 3 is 2.88 bits per heavy atom. The summed E-state index contributed by atoms with van der Waals surface area (Å²) in [4.78, 5) is 12.1. The van der Waals surface area contributed by atoms with Crippen LogP contribution in [0, 0.1) is 17.0 Å². The lowest BCUT2D eigenvalue weighted by Gasteiger charge is -2.32. The van der Waals surface area contributed by atoms with Crippen LogP contribution in [-0.4, -0.2) is 45.9 Å². The summed E-state index contributed by atoms with van der Waals surface area (Å²) in [6.45, 7) is 2.73. The lowest BCUT2D eigenvalue weighted by molar-refractivity contribution is -0.385. The van der Waals surface area contributed by atoms with Crippen molar-refractivity contribution in [1.29, 1.82) is 0 Å². The van der Waals surface area contributed by atoms with Crippen LogP contribution in [0.4, 0.5) is 10.1 Å². The van der Waals surface area contributed by atoms with Gasteiger partial charge in [-0.25, -0.2) is 4.39 Å². The Labute approximate surface area is 98.2 Å². The first kappa shape index (κ1) is 12.0. The van der Waals surface area contributed by atoms with Gasteiger partial charge in [0, 0.05) is 13.1 Å². The van der Waals surface area contributed by atoms with Gasteiger partial charge in [0.2, 0.25) is 0 Å². The van der Waals surface area contributed by atoms with Crippen LogP contribution in [0.25, 0.3) is 0 Å². The van der Waals surface area contributed by atoms with E-state index in [1.165, 1.54) is 10.9 Å². The molecule has 0 saturated carbocycles. The van der Waals surface area contributed by atoms with Crippen molar-refractivity contribution in [2.24, 2.45) is 0 Å². The molecule has 0 aromatic carbocycles. The van der Waals surface area contributed by atoms with Crippen LogP contribution in [0.3, 0.4) is 0 Å². The van der Waals surface area contributed by atoms with Crippen LogP contribution in [-0.2, 0) is 0 Å². The van der Waals surface area contributed by atoms with Gasteiger partial charge in [0.25, 0.3) is 0 Å². The average molecular weight is 242 g/mol. The highest BCUT2D eigenvalue weighted by Crippen LogP contribution is 2.28. The molecule has 1 aromatic heterocycles. The van der Waals surface area contributed by atoms with Crippen molar-refractivity contribution in [1.82, 2.24) is 14.7 Å². The molecular formula is C10H15FN4O2.